The molecule has 3 rings (SSSR count). The molecule has 2 aliphatic rings. The fraction of sp³-hybridized carbons (Fsp3) is 0.278. The maximum absolute atomic E-state index is 11.8. The normalized spacial score (nSPS) is 18.4. The Bertz CT molecular complexity index is 771. The first-order chi connectivity index (χ1) is 10.7. The van der Waals surface area contributed by atoms with Gasteiger partial charge < -0.3 is 14.2 Å². The summed E-state index contributed by atoms with van der Waals surface area (Å²) >= 11 is 0. The smallest absolute Gasteiger partial charge is 0.313 e. The molecule has 1 unspecified atom stereocenters. The lowest BCUT2D eigenvalue weighted by molar-refractivity contribution is -0.142. The minimum atomic E-state index is -0.287. The van der Waals surface area contributed by atoms with E-state index < -0.39 is 0 Å². The molecule has 0 saturated carbocycles. The molecule has 1 heterocycles. The zero-order valence-corrected chi connectivity index (χ0v) is 12.7. The van der Waals surface area contributed by atoms with Crippen LogP contribution in [0.3, 0.4) is 0 Å². The van der Waals surface area contributed by atoms with Crippen molar-refractivity contribution in [3.05, 3.63) is 52.9 Å². The molecule has 0 N–H and O–H groups in total. The van der Waals surface area contributed by atoms with Crippen molar-refractivity contribution in [2.45, 2.75) is 19.4 Å². The van der Waals surface area contributed by atoms with Crippen LogP contribution in [-0.2, 0) is 14.3 Å². The van der Waals surface area contributed by atoms with Crippen molar-refractivity contribution in [1.82, 2.24) is 0 Å². The Labute approximate surface area is 129 Å². The molecule has 0 spiro atoms. The maximum Gasteiger partial charge on any atom is 0.313 e. The van der Waals surface area contributed by atoms with E-state index in [1.807, 2.05) is 42.5 Å². The van der Waals surface area contributed by atoms with Crippen molar-refractivity contribution >= 4 is 17.3 Å². The monoisotopic (exact) mass is 298 g/mol. The van der Waals surface area contributed by atoms with Crippen LogP contribution in [-0.4, -0.2) is 25.8 Å². The molecule has 0 saturated heterocycles. The molecule has 1 aliphatic carbocycles. The van der Waals surface area contributed by atoms with Crippen LogP contribution in [0, 0.1) is 0 Å². The van der Waals surface area contributed by atoms with Crippen molar-refractivity contribution in [3.63, 3.8) is 0 Å². The third-order valence-corrected chi connectivity index (χ3v) is 3.70. The van der Waals surface area contributed by atoms with Crippen LogP contribution >= 0.6 is 0 Å². The third kappa shape index (κ3) is 2.64. The Morgan fingerprint density at radius 2 is 2.14 bits per heavy atom. The van der Waals surface area contributed by atoms with Crippen LogP contribution in [0.2, 0.25) is 0 Å². The Hall–Kier alpha value is -2.49. The lowest BCUT2D eigenvalue weighted by Crippen LogP contribution is -2.39. The number of carbonyl (C=O) groups is 1. The molecule has 0 fully saturated rings. The van der Waals surface area contributed by atoms with Gasteiger partial charge in [-0.1, -0.05) is 24.3 Å². The van der Waals surface area contributed by atoms with E-state index in [1.165, 1.54) is 0 Å². The summed E-state index contributed by atoms with van der Waals surface area (Å²) in [5.74, 6) is 1.07. The van der Waals surface area contributed by atoms with Crippen LogP contribution in [0.25, 0.3) is 11.3 Å². The molecule has 4 heteroatoms. The average Bonchev–Trinajstić information content (AvgIpc) is 2.54. The number of benzene rings is 1. The highest BCUT2D eigenvalue weighted by atomic mass is 16.5. The van der Waals surface area contributed by atoms with E-state index in [9.17, 15) is 4.79 Å². The Morgan fingerprint density at radius 3 is 2.91 bits per heavy atom. The number of carbonyl (C=O) groups excluding carboxylic acids is 1. The van der Waals surface area contributed by atoms with E-state index in [-0.39, 0.29) is 18.5 Å². The molecule has 1 aliphatic heterocycles. The second kappa shape index (κ2) is 6.10. The zero-order chi connectivity index (χ0) is 15.5. The first-order valence-electron chi connectivity index (χ1n) is 7.31. The van der Waals surface area contributed by atoms with Crippen molar-refractivity contribution < 1.29 is 19.0 Å². The molecule has 0 amide bonds. The van der Waals surface area contributed by atoms with Gasteiger partial charge in [-0.25, -0.2) is 0 Å². The van der Waals surface area contributed by atoms with Gasteiger partial charge >= 0.3 is 5.97 Å². The molecular formula is C18H18O4. The van der Waals surface area contributed by atoms with E-state index in [0.29, 0.717) is 12.4 Å². The van der Waals surface area contributed by atoms with Crippen LogP contribution < -0.4 is 15.2 Å². The molecule has 0 aromatic heterocycles. The van der Waals surface area contributed by atoms with Crippen LogP contribution in [0.15, 0.2) is 42.5 Å². The first kappa shape index (κ1) is 14.4. The van der Waals surface area contributed by atoms with E-state index in [2.05, 4.69) is 0 Å². The highest BCUT2D eigenvalue weighted by Gasteiger charge is 2.23. The summed E-state index contributed by atoms with van der Waals surface area (Å²) in [6, 6.07) is 5.83. The first-order valence-corrected chi connectivity index (χ1v) is 7.31. The fourth-order valence-corrected chi connectivity index (χ4v) is 2.70. The minimum Gasteiger partial charge on any atom is -0.497 e. The van der Waals surface area contributed by atoms with Crippen LogP contribution in [0.5, 0.6) is 5.75 Å². The number of esters is 1. The predicted octanol–water partition coefficient (Wildman–Crippen LogP) is 1.43. The maximum atomic E-state index is 11.8. The Morgan fingerprint density at radius 1 is 1.27 bits per heavy atom. The molecule has 1 aromatic carbocycles. The molecule has 1 aromatic rings. The fourth-order valence-electron chi connectivity index (χ4n) is 2.70. The highest BCUT2D eigenvalue weighted by Crippen LogP contribution is 2.22. The number of rotatable bonds is 4. The molecule has 1 atom stereocenters. The minimum absolute atomic E-state index is 0.120. The number of fused-ring (bicyclic) bond motifs is 2. The standard InChI is InChI=1S/C18H18O4/c1-3-21-18(19)11-17-15-10-12(20-2)8-9-13(15)14-6-4-5-7-16(14)22-17/h4-10,16H,3,11H2,1-2H3. The van der Waals surface area contributed by atoms with Gasteiger partial charge in [-0.2, -0.15) is 0 Å². The summed E-state index contributed by atoms with van der Waals surface area (Å²) in [5.41, 5.74) is 1.09. The zero-order valence-electron chi connectivity index (χ0n) is 12.7. The summed E-state index contributed by atoms with van der Waals surface area (Å²) in [7, 11) is 1.62. The third-order valence-electron chi connectivity index (χ3n) is 3.70. The number of ether oxygens (including phenoxy) is 3. The number of hydrogen-bond acceptors (Lipinski definition) is 4. The number of allylic oxidation sites excluding steroid dienone is 2. The molecule has 22 heavy (non-hydrogen) atoms. The van der Waals surface area contributed by atoms with Crippen molar-refractivity contribution in [2.75, 3.05) is 13.7 Å². The number of methoxy groups -OCH3 is 1. The molecular weight excluding hydrogens is 280 g/mol. The van der Waals surface area contributed by atoms with Gasteiger partial charge in [0.15, 0.2) is 0 Å². The summed E-state index contributed by atoms with van der Waals surface area (Å²) in [5, 5.41) is 1.95. The van der Waals surface area contributed by atoms with Gasteiger partial charge in [0.2, 0.25) is 0 Å². The SMILES string of the molecule is CCOC(=O)CC1=c2cc(OC)ccc2=C2C=CC=CC2O1. The van der Waals surface area contributed by atoms with E-state index in [0.717, 1.165) is 21.8 Å². The van der Waals surface area contributed by atoms with E-state index in [1.54, 1.807) is 14.0 Å². The molecule has 0 bridgehead atoms. The van der Waals surface area contributed by atoms with Gasteiger partial charge in [0, 0.05) is 10.8 Å². The van der Waals surface area contributed by atoms with Gasteiger partial charge in [-0.3, -0.25) is 4.79 Å². The lowest BCUT2D eigenvalue weighted by atomic mass is 9.97. The highest BCUT2D eigenvalue weighted by molar-refractivity contribution is 5.80. The topological polar surface area (TPSA) is 44.8 Å². The van der Waals surface area contributed by atoms with Gasteiger partial charge in [-0.15, -0.1) is 0 Å². The van der Waals surface area contributed by atoms with Crippen molar-refractivity contribution in [2.24, 2.45) is 0 Å². The molecule has 0 radical (unpaired) electrons. The quantitative estimate of drug-likeness (QED) is 0.789. The summed E-state index contributed by atoms with van der Waals surface area (Å²) in [4.78, 5) is 11.8. The van der Waals surface area contributed by atoms with Crippen molar-refractivity contribution in [1.29, 1.82) is 0 Å². The largest absolute Gasteiger partial charge is 0.497 e. The van der Waals surface area contributed by atoms with E-state index >= 15 is 0 Å². The lowest BCUT2D eigenvalue weighted by Gasteiger charge is -2.25. The van der Waals surface area contributed by atoms with Gasteiger partial charge in [-0.05, 0) is 30.4 Å². The average molecular weight is 298 g/mol. The van der Waals surface area contributed by atoms with Gasteiger partial charge in [0.05, 0.1) is 13.7 Å². The summed E-state index contributed by atoms with van der Waals surface area (Å²) < 4.78 is 16.4. The molecule has 4 nitrogen and oxygen atoms in total. The molecule has 114 valence electrons. The predicted molar refractivity (Wildman–Crippen MR) is 83.5 cm³/mol. The number of hydrogen-bond donors (Lipinski definition) is 0. The Kier molecular flexibility index (Phi) is 4.00. The van der Waals surface area contributed by atoms with Crippen LogP contribution in [0.4, 0.5) is 0 Å². The van der Waals surface area contributed by atoms with Crippen molar-refractivity contribution in [3.8, 4) is 5.75 Å². The second-order valence-electron chi connectivity index (χ2n) is 5.05. The van der Waals surface area contributed by atoms with Crippen LogP contribution in [0.1, 0.15) is 13.3 Å². The second-order valence-corrected chi connectivity index (χ2v) is 5.05. The summed E-state index contributed by atoms with van der Waals surface area (Å²) in [6.07, 6.45) is 7.92. The Balaban J connectivity index is 2.17. The van der Waals surface area contributed by atoms with Gasteiger partial charge in [0.1, 0.15) is 24.0 Å². The van der Waals surface area contributed by atoms with Gasteiger partial charge in [0.25, 0.3) is 0 Å². The van der Waals surface area contributed by atoms with E-state index in [4.69, 9.17) is 14.2 Å². The summed E-state index contributed by atoms with van der Waals surface area (Å²) in [6.45, 7) is 2.16.